The van der Waals surface area contributed by atoms with Crippen LogP contribution in [0, 0.1) is 26.7 Å². The monoisotopic (exact) mass is 444 g/mol. The van der Waals surface area contributed by atoms with Gasteiger partial charge in [0.1, 0.15) is 5.75 Å². The Balaban J connectivity index is 0.00000100. The highest BCUT2D eigenvalue weighted by Crippen LogP contribution is 2.56. The molecule has 1 aliphatic carbocycles. The summed E-state index contributed by atoms with van der Waals surface area (Å²) in [6, 6.07) is 5.69. The van der Waals surface area contributed by atoms with Crippen LogP contribution in [-0.4, -0.2) is 23.4 Å². The van der Waals surface area contributed by atoms with Gasteiger partial charge in [-0.1, -0.05) is 45.4 Å². The minimum atomic E-state index is -0.176. The zero-order valence-corrected chi connectivity index (χ0v) is 17.4. The van der Waals surface area contributed by atoms with Gasteiger partial charge in [0.05, 0.1) is 22.9 Å². The first-order chi connectivity index (χ1) is 11.4. The normalized spacial score (nSPS) is 34.9. The first-order valence-electron chi connectivity index (χ1n) is 8.80. The van der Waals surface area contributed by atoms with E-state index in [-0.39, 0.29) is 24.0 Å². The molecule has 0 spiro atoms. The van der Waals surface area contributed by atoms with Crippen molar-refractivity contribution in [1.29, 1.82) is 0 Å². The van der Waals surface area contributed by atoms with E-state index in [1.807, 2.05) is 26.0 Å². The van der Waals surface area contributed by atoms with E-state index in [0.29, 0.717) is 24.2 Å². The molecule has 0 aromatic heterocycles. The van der Waals surface area contributed by atoms with Crippen LogP contribution in [0.5, 0.6) is 5.75 Å². The standard InChI is InChI=1S/C18H23IO3.C2H6/c1-10-6-11(2)18(8-20)9-22-17(16(10)12(18)3)13-4-5-15(21)14(19)7-13;1-2/h4-7,11-12,16-17,20-21H,8-9H2,1-3H3;1-2H3. The van der Waals surface area contributed by atoms with Crippen molar-refractivity contribution in [2.75, 3.05) is 13.2 Å². The second-order valence-electron chi connectivity index (χ2n) is 6.85. The number of fused-ring (bicyclic) bond motifs is 2. The Kier molecular flexibility index (Phi) is 6.37. The number of phenols is 1. The molecular weight excluding hydrogens is 415 g/mol. The first kappa shape index (κ1) is 19.7. The Morgan fingerprint density at radius 2 is 1.96 bits per heavy atom. The molecule has 5 unspecified atom stereocenters. The molecule has 2 bridgehead atoms. The first-order valence-corrected chi connectivity index (χ1v) is 9.88. The van der Waals surface area contributed by atoms with Gasteiger partial charge in [-0.15, -0.1) is 0 Å². The van der Waals surface area contributed by atoms with Crippen molar-refractivity contribution in [3.63, 3.8) is 0 Å². The lowest BCUT2D eigenvalue weighted by molar-refractivity contribution is -0.165. The molecule has 1 aromatic carbocycles. The zero-order chi connectivity index (χ0) is 18.1. The minimum absolute atomic E-state index is 0.00691. The van der Waals surface area contributed by atoms with Crippen LogP contribution in [0.4, 0.5) is 0 Å². The summed E-state index contributed by atoms with van der Waals surface area (Å²) in [6.07, 6.45) is 2.30. The van der Waals surface area contributed by atoms with Gasteiger partial charge in [-0.3, -0.25) is 0 Å². The van der Waals surface area contributed by atoms with E-state index >= 15 is 0 Å². The number of aromatic hydroxyl groups is 1. The Hall–Kier alpha value is -0.590. The molecule has 0 radical (unpaired) electrons. The van der Waals surface area contributed by atoms with Crippen molar-refractivity contribution in [2.24, 2.45) is 23.2 Å². The SMILES string of the molecule is CC.CC1=CC(C)C2(CO)COC(c3ccc(O)c(I)c3)C1C2C. The molecule has 0 amide bonds. The molecule has 1 heterocycles. The highest BCUT2D eigenvalue weighted by molar-refractivity contribution is 14.1. The van der Waals surface area contributed by atoms with E-state index in [9.17, 15) is 10.2 Å². The fourth-order valence-corrected chi connectivity index (χ4v) is 4.83. The highest BCUT2D eigenvalue weighted by Gasteiger charge is 2.53. The van der Waals surface area contributed by atoms with Crippen LogP contribution >= 0.6 is 22.6 Å². The average Bonchev–Trinajstić information content (AvgIpc) is 2.57. The lowest BCUT2D eigenvalue weighted by Crippen LogP contribution is -2.53. The fourth-order valence-electron chi connectivity index (χ4n) is 4.29. The van der Waals surface area contributed by atoms with Crippen molar-refractivity contribution in [3.8, 4) is 5.75 Å². The molecular formula is C20H29IO3. The van der Waals surface area contributed by atoms with Crippen molar-refractivity contribution in [3.05, 3.63) is 39.0 Å². The summed E-state index contributed by atoms with van der Waals surface area (Å²) >= 11 is 2.15. The van der Waals surface area contributed by atoms with Gasteiger partial charge in [0.2, 0.25) is 0 Å². The minimum Gasteiger partial charge on any atom is -0.507 e. The number of phenolic OH excluding ortho intramolecular Hbond substituents is 1. The molecule has 1 fully saturated rings. The predicted molar refractivity (Wildman–Crippen MR) is 106 cm³/mol. The Morgan fingerprint density at radius 3 is 2.54 bits per heavy atom. The summed E-state index contributed by atoms with van der Waals surface area (Å²) in [5, 5.41) is 19.8. The molecule has 24 heavy (non-hydrogen) atoms. The average molecular weight is 444 g/mol. The molecule has 3 rings (SSSR count). The highest BCUT2D eigenvalue weighted by atomic mass is 127. The van der Waals surface area contributed by atoms with Crippen LogP contribution in [0.25, 0.3) is 0 Å². The second kappa shape index (κ2) is 7.75. The van der Waals surface area contributed by atoms with Gasteiger partial charge in [0.25, 0.3) is 0 Å². The number of hydrogen-bond donors (Lipinski definition) is 2. The van der Waals surface area contributed by atoms with E-state index in [1.165, 1.54) is 5.57 Å². The van der Waals surface area contributed by atoms with Gasteiger partial charge in [0, 0.05) is 11.3 Å². The van der Waals surface area contributed by atoms with E-state index in [1.54, 1.807) is 6.07 Å². The number of aliphatic hydroxyl groups is 1. The summed E-state index contributed by atoms with van der Waals surface area (Å²) in [7, 11) is 0. The molecule has 0 saturated carbocycles. The maximum atomic E-state index is 10.0. The Morgan fingerprint density at radius 1 is 1.29 bits per heavy atom. The molecule has 2 aliphatic rings. The third-order valence-corrected chi connectivity index (χ3v) is 6.71. The van der Waals surface area contributed by atoms with E-state index in [0.717, 1.165) is 9.13 Å². The summed E-state index contributed by atoms with van der Waals surface area (Å²) in [4.78, 5) is 0. The lowest BCUT2D eigenvalue weighted by Gasteiger charge is -2.55. The van der Waals surface area contributed by atoms with Gasteiger partial charge < -0.3 is 14.9 Å². The molecule has 3 nitrogen and oxygen atoms in total. The second-order valence-corrected chi connectivity index (χ2v) is 8.01. The molecule has 5 atom stereocenters. The van der Waals surface area contributed by atoms with E-state index < -0.39 is 0 Å². The lowest BCUT2D eigenvalue weighted by atomic mass is 9.56. The predicted octanol–water partition coefficient (Wildman–Crippen LogP) is 4.92. The molecule has 1 aromatic rings. The molecule has 1 aliphatic heterocycles. The number of aliphatic hydroxyl groups excluding tert-OH is 1. The van der Waals surface area contributed by atoms with Crippen molar-refractivity contribution >= 4 is 22.6 Å². The Bertz CT molecular complexity index is 613. The third kappa shape index (κ3) is 3.13. The van der Waals surface area contributed by atoms with Crippen LogP contribution in [-0.2, 0) is 4.74 Å². The van der Waals surface area contributed by atoms with Gasteiger partial charge >= 0.3 is 0 Å². The van der Waals surface area contributed by atoms with Crippen LogP contribution in [0.1, 0.15) is 46.3 Å². The molecule has 134 valence electrons. The van der Waals surface area contributed by atoms with E-state index in [4.69, 9.17) is 4.74 Å². The molecule has 4 heteroatoms. The quantitative estimate of drug-likeness (QED) is 0.503. The molecule has 1 saturated heterocycles. The van der Waals surface area contributed by atoms with Gasteiger partial charge in [-0.2, -0.15) is 0 Å². The maximum Gasteiger partial charge on any atom is 0.128 e. The summed E-state index contributed by atoms with van der Waals surface area (Å²) in [6.45, 7) is 11.3. The molecule has 2 N–H and O–H groups in total. The smallest absolute Gasteiger partial charge is 0.128 e. The summed E-state index contributed by atoms with van der Waals surface area (Å²) in [5.74, 6) is 1.27. The van der Waals surface area contributed by atoms with Crippen LogP contribution in [0.3, 0.4) is 0 Å². The topological polar surface area (TPSA) is 49.7 Å². The van der Waals surface area contributed by atoms with E-state index in [2.05, 4.69) is 49.4 Å². The zero-order valence-electron chi connectivity index (χ0n) is 15.2. The summed E-state index contributed by atoms with van der Waals surface area (Å²) in [5.41, 5.74) is 2.27. The maximum absolute atomic E-state index is 10.0. The number of benzene rings is 1. The van der Waals surface area contributed by atoms with Gasteiger partial charge in [0.15, 0.2) is 0 Å². The fraction of sp³-hybridized carbons (Fsp3) is 0.600. The largest absolute Gasteiger partial charge is 0.507 e. The summed E-state index contributed by atoms with van der Waals surface area (Å²) < 4.78 is 7.09. The van der Waals surface area contributed by atoms with Crippen molar-refractivity contribution < 1.29 is 14.9 Å². The van der Waals surface area contributed by atoms with Gasteiger partial charge in [-0.05, 0) is 59.0 Å². The van der Waals surface area contributed by atoms with Crippen LogP contribution in [0.2, 0.25) is 0 Å². The van der Waals surface area contributed by atoms with Crippen LogP contribution < -0.4 is 0 Å². The number of ether oxygens (including phenoxy) is 1. The van der Waals surface area contributed by atoms with Crippen molar-refractivity contribution in [2.45, 2.75) is 40.7 Å². The number of allylic oxidation sites excluding steroid dienone is 1. The van der Waals surface area contributed by atoms with Gasteiger partial charge in [-0.25, -0.2) is 0 Å². The Labute approximate surface area is 159 Å². The number of rotatable bonds is 2. The van der Waals surface area contributed by atoms with Crippen LogP contribution in [0.15, 0.2) is 29.8 Å². The van der Waals surface area contributed by atoms with Crippen molar-refractivity contribution in [1.82, 2.24) is 0 Å². The number of halogens is 1. The third-order valence-electron chi connectivity index (χ3n) is 5.84. The number of hydrogen-bond acceptors (Lipinski definition) is 3.